The molecule has 3 aromatic carbocycles. The van der Waals surface area contributed by atoms with Crippen LogP contribution in [-0.4, -0.2) is 22.0 Å². The van der Waals surface area contributed by atoms with Crippen molar-refractivity contribution in [3.05, 3.63) is 100 Å². The Morgan fingerprint density at radius 2 is 1.69 bits per heavy atom. The number of aryl methyl sites for hydroxylation is 2. The third-order valence-corrected chi connectivity index (χ3v) is 5.99. The van der Waals surface area contributed by atoms with Crippen molar-refractivity contribution >= 4 is 28.5 Å². The fourth-order valence-corrected chi connectivity index (χ4v) is 4.10. The van der Waals surface area contributed by atoms with Crippen molar-refractivity contribution in [2.45, 2.75) is 39.2 Å². The predicted octanol–water partition coefficient (Wildman–Crippen LogP) is 6.19. The number of para-hydroxylation sites is 2. The first kappa shape index (κ1) is 22.1. The van der Waals surface area contributed by atoms with E-state index in [1.165, 1.54) is 5.56 Å². The second-order valence-corrected chi connectivity index (χ2v) is 8.55. The first-order valence-corrected chi connectivity index (χ1v) is 11.5. The number of hydrogen-bond donors (Lipinski definition) is 1. The molecule has 1 N–H and O–H groups in total. The molecular weight excluding hydrogens is 418 g/mol. The Balaban J connectivity index is 1.32. The number of amides is 1. The molecule has 0 fully saturated rings. The highest BCUT2D eigenvalue weighted by atomic mass is 35.5. The summed E-state index contributed by atoms with van der Waals surface area (Å²) in [5.74, 6) is 1.11. The van der Waals surface area contributed by atoms with Crippen LogP contribution in [0.1, 0.15) is 46.6 Å². The van der Waals surface area contributed by atoms with Crippen molar-refractivity contribution in [3.63, 3.8) is 0 Å². The minimum absolute atomic E-state index is 0.00728. The smallest absolute Gasteiger partial charge is 0.251 e. The minimum Gasteiger partial charge on any atom is -0.352 e. The third-order valence-electron chi connectivity index (χ3n) is 5.74. The Labute approximate surface area is 194 Å². The summed E-state index contributed by atoms with van der Waals surface area (Å²) in [5, 5.41) is 3.79. The Morgan fingerprint density at radius 1 is 0.938 bits per heavy atom. The SMILES string of the molecule is Cc1ccccc1C(=O)NCCCCCc1nc2ccccc2n1Cc1ccc(Cl)cc1. The number of imidazole rings is 1. The molecule has 0 radical (unpaired) electrons. The van der Waals surface area contributed by atoms with E-state index in [2.05, 4.69) is 40.2 Å². The number of rotatable bonds is 9. The van der Waals surface area contributed by atoms with Gasteiger partial charge in [0, 0.05) is 30.1 Å². The standard InChI is InChI=1S/C27H28ClN3O/c1-20-9-4-5-10-23(20)27(32)29-18-8-2-3-13-26-30-24-11-6-7-12-25(24)31(26)19-21-14-16-22(28)17-15-21/h4-7,9-12,14-17H,2-3,8,13,18-19H2,1H3,(H,29,32). The summed E-state index contributed by atoms with van der Waals surface area (Å²) in [6, 6.07) is 24.0. The number of fused-ring (bicyclic) bond motifs is 1. The van der Waals surface area contributed by atoms with E-state index in [0.717, 1.165) is 65.2 Å². The molecular formula is C27H28ClN3O. The van der Waals surface area contributed by atoms with Crippen LogP contribution in [0.4, 0.5) is 0 Å². The Bertz CT molecular complexity index is 1200. The molecule has 5 heteroatoms. The highest BCUT2D eigenvalue weighted by Crippen LogP contribution is 2.20. The van der Waals surface area contributed by atoms with Crippen LogP contribution >= 0.6 is 11.6 Å². The van der Waals surface area contributed by atoms with Crippen LogP contribution in [0.25, 0.3) is 11.0 Å². The van der Waals surface area contributed by atoms with E-state index in [4.69, 9.17) is 16.6 Å². The van der Waals surface area contributed by atoms with Gasteiger partial charge >= 0.3 is 0 Å². The molecule has 0 bridgehead atoms. The Kier molecular flexibility index (Phi) is 7.23. The van der Waals surface area contributed by atoms with Gasteiger partial charge in [0.2, 0.25) is 0 Å². The number of unbranched alkanes of at least 4 members (excludes halogenated alkanes) is 2. The molecule has 0 aliphatic carbocycles. The van der Waals surface area contributed by atoms with E-state index < -0.39 is 0 Å². The van der Waals surface area contributed by atoms with Gasteiger partial charge in [-0.05, 0) is 61.2 Å². The first-order valence-electron chi connectivity index (χ1n) is 11.1. The van der Waals surface area contributed by atoms with Crippen LogP contribution in [0.5, 0.6) is 0 Å². The summed E-state index contributed by atoms with van der Waals surface area (Å²) in [6.45, 7) is 3.43. The molecule has 4 rings (SSSR count). The molecule has 0 saturated carbocycles. The monoisotopic (exact) mass is 445 g/mol. The number of halogens is 1. The van der Waals surface area contributed by atoms with Crippen molar-refractivity contribution in [2.75, 3.05) is 6.54 Å². The summed E-state index contributed by atoms with van der Waals surface area (Å²) in [5.41, 5.74) is 5.15. The van der Waals surface area contributed by atoms with E-state index in [1.54, 1.807) is 0 Å². The van der Waals surface area contributed by atoms with E-state index in [9.17, 15) is 4.79 Å². The normalized spacial score (nSPS) is 11.1. The fourth-order valence-electron chi connectivity index (χ4n) is 3.97. The largest absolute Gasteiger partial charge is 0.352 e. The van der Waals surface area contributed by atoms with Crippen LogP contribution in [0.3, 0.4) is 0 Å². The van der Waals surface area contributed by atoms with Crippen molar-refractivity contribution in [3.8, 4) is 0 Å². The molecule has 0 unspecified atom stereocenters. The van der Waals surface area contributed by atoms with Gasteiger partial charge in [-0.15, -0.1) is 0 Å². The van der Waals surface area contributed by atoms with Gasteiger partial charge in [-0.2, -0.15) is 0 Å². The molecule has 4 nitrogen and oxygen atoms in total. The summed E-state index contributed by atoms with van der Waals surface area (Å²) in [6.07, 6.45) is 3.94. The van der Waals surface area contributed by atoms with Gasteiger partial charge in [0.1, 0.15) is 5.82 Å². The molecule has 0 saturated heterocycles. The van der Waals surface area contributed by atoms with Crippen LogP contribution in [-0.2, 0) is 13.0 Å². The maximum atomic E-state index is 12.3. The molecule has 1 aromatic heterocycles. The third kappa shape index (κ3) is 5.38. The maximum Gasteiger partial charge on any atom is 0.251 e. The van der Waals surface area contributed by atoms with Crippen molar-refractivity contribution in [2.24, 2.45) is 0 Å². The van der Waals surface area contributed by atoms with Gasteiger partial charge in [-0.1, -0.05) is 60.5 Å². The second-order valence-electron chi connectivity index (χ2n) is 8.11. The lowest BCUT2D eigenvalue weighted by molar-refractivity contribution is 0.0952. The lowest BCUT2D eigenvalue weighted by Crippen LogP contribution is -2.25. The number of hydrogen-bond acceptors (Lipinski definition) is 2. The van der Waals surface area contributed by atoms with Gasteiger partial charge in [0.15, 0.2) is 0 Å². The van der Waals surface area contributed by atoms with Crippen molar-refractivity contribution < 1.29 is 4.79 Å². The van der Waals surface area contributed by atoms with E-state index in [1.807, 2.05) is 49.4 Å². The fraction of sp³-hybridized carbons (Fsp3) is 0.259. The quantitative estimate of drug-likeness (QED) is 0.312. The summed E-state index contributed by atoms with van der Waals surface area (Å²) in [7, 11) is 0. The molecule has 1 heterocycles. The highest BCUT2D eigenvalue weighted by molar-refractivity contribution is 6.30. The molecule has 164 valence electrons. The van der Waals surface area contributed by atoms with Crippen LogP contribution < -0.4 is 5.32 Å². The summed E-state index contributed by atoms with van der Waals surface area (Å²) < 4.78 is 2.30. The number of benzene rings is 3. The van der Waals surface area contributed by atoms with E-state index >= 15 is 0 Å². The molecule has 1 amide bonds. The number of carbonyl (C=O) groups excluding carboxylic acids is 1. The van der Waals surface area contributed by atoms with Gasteiger partial charge in [-0.25, -0.2) is 4.98 Å². The molecule has 0 aliphatic heterocycles. The van der Waals surface area contributed by atoms with Crippen LogP contribution in [0.15, 0.2) is 72.8 Å². The zero-order valence-electron chi connectivity index (χ0n) is 18.4. The van der Waals surface area contributed by atoms with Crippen molar-refractivity contribution in [1.82, 2.24) is 14.9 Å². The molecule has 0 atom stereocenters. The minimum atomic E-state index is 0.00728. The van der Waals surface area contributed by atoms with Crippen molar-refractivity contribution in [1.29, 1.82) is 0 Å². The first-order chi connectivity index (χ1) is 15.6. The molecule has 4 aromatic rings. The second kappa shape index (κ2) is 10.5. The van der Waals surface area contributed by atoms with Gasteiger partial charge in [0.05, 0.1) is 11.0 Å². The molecule has 0 aliphatic rings. The average molecular weight is 446 g/mol. The van der Waals surface area contributed by atoms with Gasteiger partial charge < -0.3 is 9.88 Å². The number of nitrogens with one attached hydrogen (secondary N) is 1. The van der Waals surface area contributed by atoms with Crippen LogP contribution in [0, 0.1) is 6.92 Å². The Hall–Kier alpha value is -3.11. The van der Waals surface area contributed by atoms with E-state index in [0.29, 0.717) is 6.54 Å². The van der Waals surface area contributed by atoms with Gasteiger partial charge in [-0.3, -0.25) is 4.79 Å². The summed E-state index contributed by atoms with van der Waals surface area (Å²) in [4.78, 5) is 17.2. The molecule has 0 spiro atoms. The lowest BCUT2D eigenvalue weighted by Gasteiger charge is -2.10. The number of aromatic nitrogens is 2. The zero-order valence-corrected chi connectivity index (χ0v) is 19.1. The summed E-state index contributed by atoms with van der Waals surface area (Å²) >= 11 is 6.05. The maximum absolute atomic E-state index is 12.3. The average Bonchev–Trinajstić information content (AvgIpc) is 3.15. The highest BCUT2D eigenvalue weighted by Gasteiger charge is 2.11. The van der Waals surface area contributed by atoms with Crippen LogP contribution in [0.2, 0.25) is 5.02 Å². The number of carbonyl (C=O) groups is 1. The topological polar surface area (TPSA) is 46.9 Å². The van der Waals surface area contributed by atoms with Gasteiger partial charge in [0.25, 0.3) is 5.91 Å². The zero-order chi connectivity index (χ0) is 22.3. The molecule has 32 heavy (non-hydrogen) atoms. The lowest BCUT2D eigenvalue weighted by atomic mass is 10.1. The Morgan fingerprint density at radius 3 is 2.50 bits per heavy atom. The van der Waals surface area contributed by atoms with E-state index in [-0.39, 0.29) is 5.91 Å². The number of nitrogens with zero attached hydrogens (tertiary/aromatic N) is 2. The predicted molar refractivity (Wildman–Crippen MR) is 131 cm³/mol.